The number of carboxylic acid groups (broad SMARTS) is 1. The van der Waals surface area contributed by atoms with Gasteiger partial charge in [-0.1, -0.05) is 6.07 Å². The van der Waals surface area contributed by atoms with E-state index in [1.165, 1.54) is 0 Å². The smallest absolute Gasteiger partial charge is 0.317 e. The van der Waals surface area contributed by atoms with Gasteiger partial charge in [0.05, 0.1) is 13.2 Å². The quantitative estimate of drug-likeness (QED) is 0.855. The molecule has 1 aliphatic heterocycles. The van der Waals surface area contributed by atoms with Crippen LogP contribution in [0.2, 0.25) is 0 Å². The second kappa shape index (κ2) is 8.85. The third-order valence-corrected chi connectivity index (χ3v) is 4.73. The zero-order valence-electron chi connectivity index (χ0n) is 15.3. The standard InChI is InChI=1S/C19H28N2O4/c1-4-25-17-12-15(8-7-14(17)2)19(24)21-10-5-6-16(9-11-21)20(3)13-18(22)23/h7-8,12,16H,4-6,9-11,13H2,1-3H3,(H,22,23). The van der Waals surface area contributed by atoms with E-state index in [2.05, 4.69) is 0 Å². The summed E-state index contributed by atoms with van der Waals surface area (Å²) in [4.78, 5) is 27.5. The summed E-state index contributed by atoms with van der Waals surface area (Å²) in [5, 5.41) is 8.95. The molecule has 1 aliphatic rings. The highest BCUT2D eigenvalue weighted by Gasteiger charge is 2.25. The predicted octanol–water partition coefficient (Wildman–Crippen LogP) is 2.40. The molecule has 1 N–H and O–H groups in total. The Morgan fingerprint density at radius 1 is 1.32 bits per heavy atom. The molecule has 1 amide bonds. The fourth-order valence-electron chi connectivity index (χ4n) is 3.29. The summed E-state index contributed by atoms with van der Waals surface area (Å²) in [5.74, 6) is -0.0486. The molecular weight excluding hydrogens is 320 g/mol. The first-order chi connectivity index (χ1) is 11.9. The van der Waals surface area contributed by atoms with E-state index in [4.69, 9.17) is 9.84 Å². The molecule has 0 aliphatic carbocycles. The average Bonchev–Trinajstić information content (AvgIpc) is 2.82. The van der Waals surface area contributed by atoms with E-state index < -0.39 is 5.97 Å². The van der Waals surface area contributed by atoms with E-state index in [9.17, 15) is 9.59 Å². The van der Waals surface area contributed by atoms with Crippen LogP contribution >= 0.6 is 0 Å². The number of amides is 1. The highest BCUT2D eigenvalue weighted by molar-refractivity contribution is 5.94. The molecule has 1 atom stereocenters. The number of likely N-dealkylation sites (N-methyl/N-ethyl adjacent to an activating group) is 1. The second-order valence-electron chi connectivity index (χ2n) is 6.60. The van der Waals surface area contributed by atoms with Gasteiger partial charge in [-0.3, -0.25) is 14.5 Å². The second-order valence-corrected chi connectivity index (χ2v) is 6.60. The van der Waals surface area contributed by atoms with E-state index >= 15 is 0 Å². The molecule has 1 fully saturated rings. The zero-order valence-corrected chi connectivity index (χ0v) is 15.3. The number of likely N-dealkylation sites (tertiary alicyclic amines) is 1. The summed E-state index contributed by atoms with van der Waals surface area (Å²) in [6, 6.07) is 5.78. The van der Waals surface area contributed by atoms with Crippen molar-refractivity contribution in [2.24, 2.45) is 0 Å². The van der Waals surface area contributed by atoms with Crippen LogP contribution in [-0.4, -0.2) is 66.1 Å². The van der Waals surface area contributed by atoms with Gasteiger partial charge < -0.3 is 14.7 Å². The van der Waals surface area contributed by atoms with Crippen LogP contribution in [0, 0.1) is 6.92 Å². The molecule has 0 radical (unpaired) electrons. The minimum absolute atomic E-state index is 0.0162. The number of aliphatic carboxylic acids is 1. The molecule has 2 rings (SSSR count). The average molecular weight is 348 g/mol. The van der Waals surface area contributed by atoms with Gasteiger partial charge in [-0.15, -0.1) is 0 Å². The molecule has 25 heavy (non-hydrogen) atoms. The van der Waals surface area contributed by atoms with Crippen LogP contribution in [0.15, 0.2) is 18.2 Å². The van der Waals surface area contributed by atoms with Gasteiger partial charge in [-0.2, -0.15) is 0 Å². The van der Waals surface area contributed by atoms with E-state index in [0.29, 0.717) is 25.3 Å². The molecule has 1 heterocycles. The van der Waals surface area contributed by atoms with Crippen LogP contribution in [0.4, 0.5) is 0 Å². The molecular formula is C19H28N2O4. The predicted molar refractivity (Wildman–Crippen MR) is 96.2 cm³/mol. The van der Waals surface area contributed by atoms with Gasteiger partial charge in [-0.05, 0) is 57.9 Å². The van der Waals surface area contributed by atoms with Crippen molar-refractivity contribution in [1.29, 1.82) is 0 Å². The fraction of sp³-hybridized carbons (Fsp3) is 0.579. The molecule has 0 saturated carbocycles. The highest BCUT2D eigenvalue weighted by Crippen LogP contribution is 2.22. The monoisotopic (exact) mass is 348 g/mol. The topological polar surface area (TPSA) is 70.1 Å². The molecule has 0 bridgehead atoms. The largest absolute Gasteiger partial charge is 0.494 e. The van der Waals surface area contributed by atoms with E-state index in [0.717, 1.165) is 30.6 Å². The SMILES string of the molecule is CCOc1cc(C(=O)N2CCCC(N(C)CC(=O)O)CC2)ccc1C. The molecule has 6 heteroatoms. The Morgan fingerprint density at radius 3 is 2.76 bits per heavy atom. The van der Waals surface area contributed by atoms with E-state index in [1.807, 2.05) is 48.9 Å². The summed E-state index contributed by atoms with van der Waals surface area (Å²) in [7, 11) is 1.84. The molecule has 1 aromatic rings. The minimum atomic E-state index is -0.817. The van der Waals surface area contributed by atoms with Crippen molar-refractivity contribution in [3.05, 3.63) is 29.3 Å². The van der Waals surface area contributed by atoms with Gasteiger partial charge in [-0.25, -0.2) is 0 Å². The number of carbonyl (C=O) groups is 2. The number of ether oxygens (including phenoxy) is 1. The first kappa shape index (κ1) is 19.2. The first-order valence-electron chi connectivity index (χ1n) is 8.87. The Balaban J connectivity index is 2.03. The van der Waals surface area contributed by atoms with Gasteiger partial charge >= 0.3 is 5.97 Å². The maximum atomic E-state index is 12.8. The van der Waals surface area contributed by atoms with Crippen molar-refractivity contribution in [3.63, 3.8) is 0 Å². The summed E-state index contributed by atoms with van der Waals surface area (Å²) < 4.78 is 5.59. The number of carbonyl (C=O) groups excluding carboxylic acids is 1. The molecule has 6 nitrogen and oxygen atoms in total. The number of aryl methyl sites for hydroxylation is 1. The first-order valence-corrected chi connectivity index (χ1v) is 8.87. The van der Waals surface area contributed by atoms with Crippen LogP contribution in [-0.2, 0) is 4.79 Å². The van der Waals surface area contributed by atoms with Gasteiger partial charge in [0.25, 0.3) is 5.91 Å². The number of rotatable bonds is 6. The van der Waals surface area contributed by atoms with Crippen molar-refractivity contribution in [3.8, 4) is 5.75 Å². The third kappa shape index (κ3) is 5.19. The number of hydrogen-bond donors (Lipinski definition) is 1. The number of carboxylic acids is 1. The van der Waals surface area contributed by atoms with Crippen LogP contribution < -0.4 is 4.74 Å². The molecule has 0 spiro atoms. The zero-order chi connectivity index (χ0) is 18.4. The minimum Gasteiger partial charge on any atom is -0.494 e. The van der Waals surface area contributed by atoms with Gasteiger partial charge in [0, 0.05) is 24.7 Å². The Bertz CT molecular complexity index is 617. The molecule has 0 aromatic heterocycles. The maximum Gasteiger partial charge on any atom is 0.317 e. The molecule has 1 unspecified atom stereocenters. The number of hydrogen-bond acceptors (Lipinski definition) is 4. The summed E-state index contributed by atoms with van der Waals surface area (Å²) >= 11 is 0. The van der Waals surface area contributed by atoms with E-state index in [-0.39, 0.29) is 18.5 Å². The Labute approximate surface area is 149 Å². The van der Waals surface area contributed by atoms with Crippen molar-refractivity contribution in [2.75, 3.05) is 33.3 Å². The lowest BCUT2D eigenvalue weighted by Gasteiger charge is -2.25. The van der Waals surface area contributed by atoms with Crippen LogP contribution in [0.5, 0.6) is 5.75 Å². The van der Waals surface area contributed by atoms with Crippen molar-refractivity contribution < 1.29 is 19.4 Å². The van der Waals surface area contributed by atoms with Gasteiger partial charge in [0.1, 0.15) is 5.75 Å². The van der Waals surface area contributed by atoms with Gasteiger partial charge in [0.2, 0.25) is 0 Å². The van der Waals surface area contributed by atoms with Crippen LogP contribution in [0.25, 0.3) is 0 Å². The Kier molecular flexibility index (Phi) is 6.82. The van der Waals surface area contributed by atoms with Gasteiger partial charge in [0.15, 0.2) is 0 Å². The van der Waals surface area contributed by atoms with Crippen molar-refractivity contribution in [1.82, 2.24) is 9.80 Å². The third-order valence-electron chi connectivity index (χ3n) is 4.73. The highest BCUT2D eigenvalue weighted by atomic mass is 16.5. The molecule has 138 valence electrons. The normalized spacial score (nSPS) is 18.1. The lowest BCUT2D eigenvalue weighted by atomic mass is 10.1. The Morgan fingerprint density at radius 2 is 2.08 bits per heavy atom. The number of nitrogens with zero attached hydrogens (tertiary/aromatic N) is 2. The summed E-state index contributed by atoms with van der Waals surface area (Å²) in [6.45, 7) is 5.85. The fourth-order valence-corrected chi connectivity index (χ4v) is 3.29. The summed E-state index contributed by atoms with van der Waals surface area (Å²) in [5.41, 5.74) is 1.66. The number of benzene rings is 1. The Hall–Kier alpha value is -2.08. The lowest BCUT2D eigenvalue weighted by molar-refractivity contribution is -0.138. The maximum absolute atomic E-state index is 12.8. The van der Waals surface area contributed by atoms with Crippen LogP contribution in [0.3, 0.4) is 0 Å². The van der Waals surface area contributed by atoms with Crippen molar-refractivity contribution in [2.45, 2.75) is 39.2 Å². The van der Waals surface area contributed by atoms with E-state index in [1.54, 1.807) is 0 Å². The summed E-state index contributed by atoms with van der Waals surface area (Å²) in [6.07, 6.45) is 2.58. The molecule has 1 aromatic carbocycles. The van der Waals surface area contributed by atoms with Crippen molar-refractivity contribution >= 4 is 11.9 Å². The molecule has 1 saturated heterocycles. The van der Waals surface area contributed by atoms with Crippen LogP contribution in [0.1, 0.15) is 42.1 Å². The lowest BCUT2D eigenvalue weighted by Crippen LogP contribution is -2.37.